The summed E-state index contributed by atoms with van der Waals surface area (Å²) in [4.78, 5) is 59.1. The van der Waals surface area contributed by atoms with Crippen LogP contribution in [0, 0.1) is 6.92 Å². The molecule has 0 saturated heterocycles. The van der Waals surface area contributed by atoms with E-state index in [-0.39, 0.29) is 24.2 Å². The van der Waals surface area contributed by atoms with Gasteiger partial charge < -0.3 is 30.5 Å². The molecule has 45 heavy (non-hydrogen) atoms. The molecule has 240 valence electrons. The Labute approximate surface area is 256 Å². The van der Waals surface area contributed by atoms with Crippen molar-refractivity contribution in [3.05, 3.63) is 77.0 Å². The lowest BCUT2D eigenvalue weighted by Gasteiger charge is -2.34. The predicted molar refractivity (Wildman–Crippen MR) is 156 cm³/mol. The van der Waals surface area contributed by atoms with Crippen molar-refractivity contribution in [2.24, 2.45) is 0 Å². The molecule has 2 atom stereocenters. The number of amides is 2. The number of carboxylic acid groups (broad SMARTS) is 2. The highest BCUT2D eigenvalue weighted by molar-refractivity contribution is 6.11. The molecule has 3 aromatic rings. The standard InChI is InChI=1S/C28H31N5O5.C2HF3O2/c1-17-14-23(31-28(29)30-17)38-13-7-8-19-11-12-22-21(16-19)26(36)33(18(2)15-24(34)35)25(27(37)32(22)3)20-9-5-4-6-10-20;3-2(4,5)1(6)7/h4-6,9-12,14,16,18,25H,7-8,13,15H2,1-3H3,(H,34,35)(H2,29,30,31);(H,6,7). The number of halogens is 3. The van der Waals surface area contributed by atoms with Crippen LogP contribution in [0.5, 0.6) is 5.88 Å². The molecule has 0 fully saturated rings. The number of carbonyl (C=O) groups is 4. The smallest absolute Gasteiger partial charge is 0.481 e. The van der Waals surface area contributed by atoms with Gasteiger partial charge in [0.15, 0.2) is 0 Å². The minimum atomic E-state index is -5.08. The van der Waals surface area contributed by atoms with Crippen molar-refractivity contribution in [1.29, 1.82) is 0 Å². The third-order valence-corrected chi connectivity index (χ3v) is 6.74. The Balaban J connectivity index is 0.000000707. The highest BCUT2D eigenvalue weighted by atomic mass is 19.4. The molecule has 1 aliphatic rings. The Morgan fingerprint density at radius 2 is 1.71 bits per heavy atom. The number of hydrogen-bond donors (Lipinski definition) is 3. The number of fused-ring (bicyclic) bond motifs is 1. The van der Waals surface area contributed by atoms with Crippen molar-refractivity contribution < 1.29 is 47.3 Å². The summed E-state index contributed by atoms with van der Waals surface area (Å²) in [7, 11) is 1.64. The van der Waals surface area contributed by atoms with Crippen LogP contribution >= 0.6 is 0 Å². The van der Waals surface area contributed by atoms with Crippen molar-refractivity contribution in [3.63, 3.8) is 0 Å². The molecular formula is C30H32F3N5O7. The summed E-state index contributed by atoms with van der Waals surface area (Å²) in [5.41, 5.74) is 8.75. The number of rotatable bonds is 9. The largest absolute Gasteiger partial charge is 0.490 e. The summed E-state index contributed by atoms with van der Waals surface area (Å²) in [6.07, 6.45) is -4.10. The minimum Gasteiger partial charge on any atom is -0.481 e. The molecule has 2 aromatic carbocycles. The molecule has 0 saturated carbocycles. The van der Waals surface area contributed by atoms with E-state index in [0.29, 0.717) is 47.8 Å². The van der Waals surface area contributed by atoms with Gasteiger partial charge in [-0.2, -0.15) is 18.2 Å². The molecule has 1 aliphatic heterocycles. The molecule has 4 rings (SSSR count). The maximum absolute atomic E-state index is 14.0. The number of ether oxygens (including phenoxy) is 1. The SMILES string of the molecule is Cc1cc(OCCCc2ccc3c(c2)C(=O)N(C(C)CC(=O)O)C(c2ccccc2)C(=O)N3C)nc(N)n1.O=C(O)C(F)(F)F. The first-order valence-corrected chi connectivity index (χ1v) is 13.6. The second-order valence-electron chi connectivity index (χ2n) is 10.2. The first-order valence-electron chi connectivity index (χ1n) is 13.6. The fourth-order valence-corrected chi connectivity index (χ4v) is 4.71. The lowest BCUT2D eigenvalue weighted by molar-refractivity contribution is -0.192. The van der Waals surface area contributed by atoms with E-state index in [1.54, 1.807) is 56.4 Å². The molecule has 0 radical (unpaired) electrons. The number of alkyl halides is 3. The Morgan fingerprint density at radius 3 is 2.29 bits per heavy atom. The van der Waals surface area contributed by atoms with Gasteiger partial charge in [0, 0.05) is 24.8 Å². The van der Waals surface area contributed by atoms with Gasteiger partial charge >= 0.3 is 18.1 Å². The molecule has 2 heterocycles. The number of nitrogen functional groups attached to an aromatic ring is 1. The van der Waals surface area contributed by atoms with Gasteiger partial charge in [-0.1, -0.05) is 36.4 Å². The lowest BCUT2D eigenvalue weighted by atomic mass is 10.00. The number of nitrogens with two attached hydrogens (primary N) is 1. The van der Waals surface area contributed by atoms with Gasteiger partial charge in [0.25, 0.3) is 11.8 Å². The Kier molecular flexibility index (Phi) is 11.1. The molecule has 2 unspecified atom stereocenters. The number of anilines is 2. The monoisotopic (exact) mass is 631 g/mol. The average Bonchev–Trinajstić information content (AvgIpc) is 3.03. The molecule has 1 aromatic heterocycles. The maximum Gasteiger partial charge on any atom is 0.490 e. The van der Waals surface area contributed by atoms with Gasteiger partial charge in [-0.15, -0.1) is 0 Å². The predicted octanol–water partition coefficient (Wildman–Crippen LogP) is 4.04. The molecule has 0 spiro atoms. The van der Waals surface area contributed by atoms with E-state index in [0.717, 1.165) is 5.56 Å². The van der Waals surface area contributed by atoms with E-state index in [4.69, 9.17) is 20.4 Å². The number of carboxylic acids is 2. The summed E-state index contributed by atoms with van der Waals surface area (Å²) in [6, 6.07) is 14.4. The number of nitrogens with zero attached hydrogens (tertiary/aromatic N) is 4. The molecule has 2 amide bonds. The average molecular weight is 632 g/mol. The van der Waals surface area contributed by atoms with E-state index in [1.165, 1.54) is 9.80 Å². The van der Waals surface area contributed by atoms with Crippen molar-refractivity contribution in [2.45, 2.75) is 51.4 Å². The summed E-state index contributed by atoms with van der Waals surface area (Å²) in [6.45, 7) is 3.85. The van der Waals surface area contributed by atoms with E-state index in [2.05, 4.69) is 9.97 Å². The summed E-state index contributed by atoms with van der Waals surface area (Å²) in [5, 5.41) is 16.6. The van der Waals surface area contributed by atoms with Crippen LogP contribution in [0.15, 0.2) is 54.6 Å². The third-order valence-electron chi connectivity index (χ3n) is 6.74. The topological polar surface area (TPSA) is 176 Å². The number of aliphatic carboxylic acids is 2. The second-order valence-corrected chi connectivity index (χ2v) is 10.2. The fourth-order valence-electron chi connectivity index (χ4n) is 4.71. The first kappa shape index (κ1) is 34.3. The van der Waals surface area contributed by atoms with E-state index in [1.807, 2.05) is 19.1 Å². The number of aromatic nitrogens is 2. The molecule has 15 heteroatoms. The van der Waals surface area contributed by atoms with Gasteiger partial charge in [-0.25, -0.2) is 9.78 Å². The molecule has 0 bridgehead atoms. The molecule has 4 N–H and O–H groups in total. The van der Waals surface area contributed by atoms with Gasteiger partial charge in [-0.3, -0.25) is 14.4 Å². The summed E-state index contributed by atoms with van der Waals surface area (Å²) >= 11 is 0. The molecule has 12 nitrogen and oxygen atoms in total. The van der Waals surface area contributed by atoms with Crippen LogP contribution in [-0.4, -0.2) is 74.7 Å². The first-order chi connectivity index (χ1) is 21.1. The van der Waals surface area contributed by atoms with Crippen molar-refractivity contribution in [2.75, 3.05) is 24.3 Å². The maximum atomic E-state index is 14.0. The van der Waals surface area contributed by atoms with Crippen LogP contribution in [-0.2, 0) is 20.8 Å². The zero-order chi connectivity index (χ0) is 33.5. The van der Waals surface area contributed by atoms with Crippen LogP contribution in [0.4, 0.5) is 24.8 Å². The van der Waals surface area contributed by atoms with E-state index >= 15 is 0 Å². The minimum absolute atomic E-state index is 0.151. The number of aryl methyl sites for hydroxylation is 2. The van der Waals surface area contributed by atoms with Crippen LogP contribution in [0.2, 0.25) is 0 Å². The van der Waals surface area contributed by atoms with Gasteiger partial charge in [0.1, 0.15) is 6.04 Å². The Morgan fingerprint density at radius 1 is 1.07 bits per heavy atom. The van der Waals surface area contributed by atoms with Gasteiger partial charge in [-0.05, 0) is 49.9 Å². The van der Waals surface area contributed by atoms with Gasteiger partial charge in [0.2, 0.25) is 11.8 Å². The highest BCUT2D eigenvalue weighted by Crippen LogP contribution is 2.36. The van der Waals surface area contributed by atoms with Crippen molar-refractivity contribution in [1.82, 2.24) is 14.9 Å². The summed E-state index contributed by atoms with van der Waals surface area (Å²) in [5.74, 6) is -3.93. The Bertz CT molecular complexity index is 1530. The van der Waals surface area contributed by atoms with Crippen LogP contribution in [0.1, 0.15) is 53.0 Å². The summed E-state index contributed by atoms with van der Waals surface area (Å²) < 4.78 is 37.4. The normalized spacial score (nSPS) is 15.4. The van der Waals surface area contributed by atoms with Crippen LogP contribution < -0.4 is 15.4 Å². The fraction of sp³-hybridized carbons (Fsp3) is 0.333. The molecular weight excluding hydrogens is 599 g/mol. The Hall–Kier alpha value is -5.21. The highest BCUT2D eigenvalue weighted by Gasteiger charge is 2.42. The number of hydrogen-bond acceptors (Lipinski definition) is 8. The molecule has 0 aliphatic carbocycles. The van der Waals surface area contributed by atoms with Crippen molar-refractivity contribution in [3.8, 4) is 5.88 Å². The quantitative estimate of drug-likeness (QED) is 0.292. The second kappa shape index (κ2) is 14.5. The third kappa shape index (κ3) is 8.90. The van der Waals surface area contributed by atoms with Gasteiger partial charge in [0.05, 0.1) is 24.3 Å². The zero-order valence-corrected chi connectivity index (χ0v) is 24.6. The number of likely N-dealkylation sites (N-methyl/N-ethyl adjacent to an activating group) is 1. The van der Waals surface area contributed by atoms with E-state index in [9.17, 15) is 32.7 Å². The number of carbonyl (C=O) groups excluding carboxylic acids is 2. The van der Waals surface area contributed by atoms with Crippen molar-refractivity contribution >= 4 is 35.4 Å². The van der Waals surface area contributed by atoms with Crippen LogP contribution in [0.3, 0.4) is 0 Å². The number of benzene rings is 2. The zero-order valence-electron chi connectivity index (χ0n) is 24.6. The van der Waals surface area contributed by atoms with Crippen LogP contribution in [0.25, 0.3) is 0 Å². The lowest BCUT2D eigenvalue weighted by Crippen LogP contribution is -2.46. The van der Waals surface area contributed by atoms with E-state index < -0.39 is 30.2 Å².